The molecule has 1 aliphatic carbocycles. The Morgan fingerprint density at radius 1 is 1.34 bits per heavy atom. The maximum Gasteiger partial charge on any atom is 0.235 e. The Morgan fingerprint density at radius 2 is 2.14 bits per heavy atom. The molecule has 180 valence electrons. The number of aromatic nitrogens is 3. The molecule has 9 heteroatoms. The summed E-state index contributed by atoms with van der Waals surface area (Å²) in [5.74, 6) is 1.83. The molecule has 0 unspecified atom stereocenters. The van der Waals surface area contributed by atoms with Crippen LogP contribution < -0.4 is 5.32 Å². The van der Waals surface area contributed by atoms with Gasteiger partial charge in [-0.05, 0) is 48.3 Å². The summed E-state index contributed by atoms with van der Waals surface area (Å²) in [6.07, 6.45) is 2.93. The standard InChI is InChI=1S/C26H27N5O2S2/c1-26(2,3)16-9-10-17-18(13-27)24(35-21(17)12-16)28-22(32)14-34-25-30-29-23(31(25)4)20-11-15-7-5-6-8-19(15)33-20/h5-8,11,16H,9-10,12,14H2,1-4H3,(H,28,32)/t16-/m0/s1. The van der Waals surface area contributed by atoms with Crippen LogP contribution in [0.5, 0.6) is 0 Å². The number of carbonyl (C=O) groups excluding carboxylic acids is 1. The normalized spacial score (nSPS) is 15.7. The summed E-state index contributed by atoms with van der Waals surface area (Å²) in [6, 6.07) is 12.1. The van der Waals surface area contributed by atoms with E-state index in [0.717, 1.165) is 35.8 Å². The number of rotatable bonds is 5. The first kappa shape index (κ1) is 23.6. The number of hydrogen-bond acceptors (Lipinski definition) is 7. The Bertz CT molecular complexity index is 1420. The van der Waals surface area contributed by atoms with Crippen LogP contribution in [0.15, 0.2) is 39.9 Å². The van der Waals surface area contributed by atoms with Crippen molar-refractivity contribution in [1.29, 1.82) is 5.26 Å². The molecule has 0 saturated carbocycles. The Balaban J connectivity index is 1.27. The van der Waals surface area contributed by atoms with E-state index in [1.165, 1.54) is 16.6 Å². The highest BCUT2D eigenvalue weighted by atomic mass is 32.2. The van der Waals surface area contributed by atoms with Gasteiger partial charge in [-0.3, -0.25) is 4.79 Å². The summed E-state index contributed by atoms with van der Waals surface area (Å²) in [5.41, 5.74) is 2.76. The van der Waals surface area contributed by atoms with E-state index in [-0.39, 0.29) is 17.1 Å². The summed E-state index contributed by atoms with van der Waals surface area (Å²) >= 11 is 2.86. The van der Waals surface area contributed by atoms with Crippen LogP contribution in [0.2, 0.25) is 0 Å². The van der Waals surface area contributed by atoms with Gasteiger partial charge in [-0.2, -0.15) is 5.26 Å². The number of amides is 1. The lowest BCUT2D eigenvalue weighted by molar-refractivity contribution is -0.113. The van der Waals surface area contributed by atoms with Crippen molar-refractivity contribution in [3.8, 4) is 17.7 Å². The van der Waals surface area contributed by atoms with E-state index in [4.69, 9.17) is 4.42 Å². The van der Waals surface area contributed by atoms with Gasteiger partial charge in [0.25, 0.3) is 0 Å². The minimum atomic E-state index is -0.161. The van der Waals surface area contributed by atoms with Gasteiger partial charge >= 0.3 is 0 Å². The molecule has 0 saturated heterocycles. The Hall–Kier alpha value is -3.09. The van der Waals surface area contributed by atoms with Crippen LogP contribution in [0, 0.1) is 22.7 Å². The molecule has 1 N–H and O–H groups in total. The van der Waals surface area contributed by atoms with E-state index in [1.54, 1.807) is 11.3 Å². The second-order valence-corrected chi connectivity index (χ2v) is 12.0. The number of thioether (sulfide) groups is 1. The summed E-state index contributed by atoms with van der Waals surface area (Å²) < 4.78 is 7.73. The smallest absolute Gasteiger partial charge is 0.235 e. The van der Waals surface area contributed by atoms with Crippen LogP contribution in [0.3, 0.4) is 0 Å². The first-order valence-electron chi connectivity index (χ1n) is 11.6. The molecule has 35 heavy (non-hydrogen) atoms. The lowest BCUT2D eigenvalue weighted by Gasteiger charge is -2.33. The largest absolute Gasteiger partial charge is 0.453 e. The number of thiophene rings is 1. The van der Waals surface area contributed by atoms with E-state index >= 15 is 0 Å². The fourth-order valence-electron chi connectivity index (χ4n) is 4.57. The first-order chi connectivity index (χ1) is 16.7. The van der Waals surface area contributed by atoms with Crippen molar-refractivity contribution >= 4 is 45.0 Å². The number of anilines is 1. The molecule has 0 fully saturated rings. The average molecular weight is 506 g/mol. The molecule has 7 nitrogen and oxygen atoms in total. The van der Waals surface area contributed by atoms with E-state index < -0.39 is 0 Å². The van der Waals surface area contributed by atoms with E-state index in [9.17, 15) is 10.1 Å². The van der Waals surface area contributed by atoms with Gasteiger partial charge in [-0.25, -0.2) is 0 Å². The maximum atomic E-state index is 12.8. The fourth-order valence-corrected chi connectivity index (χ4v) is 6.58. The van der Waals surface area contributed by atoms with Crippen molar-refractivity contribution in [2.45, 2.75) is 45.2 Å². The van der Waals surface area contributed by atoms with Gasteiger partial charge in [0.15, 0.2) is 16.7 Å². The topological polar surface area (TPSA) is 96.7 Å². The summed E-state index contributed by atoms with van der Waals surface area (Å²) in [4.78, 5) is 14.0. The van der Waals surface area contributed by atoms with Crippen molar-refractivity contribution in [3.05, 3.63) is 46.3 Å². The monoisotopic (exact) mass is 505 g/mol. The van der Waals surface area contributed by atoms with Gasteiger partial charge < -0.3 is 14.3 Å². The number of furan rings is 1. The molecule has 0 spiro atoms. The Labute approximate surface area is 212 Å². The molecule has 5 rings (SSSR count). The van der Waals surface area contributed by atoms with Gasteiger partial charge in [0, 0.05) is 17.3 Å². The molecule has 3 heterocycles. The van der Waals surface area contributed by atoms with Crippen molar-refractivity contribution < 1.29 is 9.21 Å². The SMILES string of the molecule is Cn1c(SCC(=O)Nc2sc3c(c2C#N)CC[C@H](C(C)(C)C)C3)nnc1-c1cc2ccccc2o1. The minimum Gasteiger partial charge on any atom is -0.453 e. The number of nitrogens with zero attached hydrogens (tertiary/aromatic N) is 4. The molecule has 0 bridgehead atoms. The molecule has 4 aromatic rings. The second-order valence-electron chi connectivity index (χ2n) is 9.98. The van der Waals surface area contributed by atoms with Crippen LogP contribution in [-0.4, -0.2) is 26.4 Å². The van der Waals surface area contributed by atoms with Crippen LogP contribution in [0.1, 0.15) is 43.2 Å². The molecular weight excluding hydrogens is 478 g/mol. The Kier molecular flexibility index (Phi) is 6.20. The molecule has 0 aliphatic heterocycles. The summed E-state index contributed by atoms with van der Waals surface area (Å²) in [6.45, 7) is 6.81. The molecule has 3 aromatic heterocycles. The number of nitriles is 1. The zero-order chi connectivity index (χ0) is 24.7. The van der Waals surface area contributed by atoms with Gasteiger partial charge in [0.05, 0.1) is 11.3 Å². The lowest BCUT2D eigenvalue weighted by atomic mass is 9.72. The molecule has 1 aromatic carbocycles. The third kappa shape index (κ3) is 4.60. The zero-order valence-corrected chi connectivity index (χ0v) is 21.8. The highest BCUT2D eigenvalue weighted by molar-refractivity contribution is 7.99. The number of para-hydroxylation sites is 1. The minimum absolute atomic E-state index is 0.161. The fraction of sp³-hybridized carbons (Fsp3) is 0.385. The van der Waals surface area contributed by atoms with Gasteiger partial charge in [-0.1, -0.05) is 50.7 Å². The maximum absolute atomic E-state index is 12.8. The quantitative estimate of drug-likeness (QED) is 0.332. The molecular formula is C26H27N5O2S2. The number of carbonyl (C=O) groups is 1. The summed E-state index contributed by atoms with van der Waals surface area (Å²) in [5, 5.41) is 23.6. The van der Waals surface area contributed by atoms with Gasteiger partial charge in [0.1, 0.15) is 16.7 Å². The van der Waals surface area contributed by atoms with Crippen LogP contribution >= 0.6 is 23.1 Å². The molecule has 1 atom stereocenters. The van der Waals surface area contributed by atoms with E-state index in [1.807, 2.05) is 41.9 Å². The van der Waals surface area contributed by atoms with Crippen molar-refractivity contribution in [2.24, 2.45) is 18.4 Å². The zero-order valence-electron chi connectivity index (χ0n) is 20.2. The van der Waals surface area contributed by atoms with Crippen LogP contribution in [-0.2, 0) is 24.7 Å². The highest BCUT2D eigenvalue weighted by Crippen LogP contribution is 2.44. The van der Waals surface area contributed by atoms with Crippen molar-refractivity contribution in [2.75, 3.05) is 11.1 Å². The van der Waals surface area contributed by atoms with Crippen molar-refractivity contribution in [1.82, 2.24) is 14.8 Å². The third-order valence-electron chi connectivity index (χ3n) is 6.67. The van der Waals surface area contributed by atoms with Crippen LogP contribution in [0.4, 0.5) is 5.00 Å². The number of hydrogen-bond donors (Lipinski definition) is 1. The molecule has 1 aliphatic rings. The number of fused-ring (bicyclic) bond motifs is 2. The van der Waals surface area contributed by atoms with Gasteiger partial charge in [-0.15, -0.1) is 21.5 Å². The Morgan fingerprint density at radius 3 is 2.89 bits per heavy atom. The predicted octanol–water partition coefficient (Wildman–Crippen LogP) is 6.04. The van der Waals surface area contributed by atoms with Crippen molar-refractivity contribution in [3.63, 3.8) is 0 Å². The van der Waals surface area contributed by atoms with E-state index in [2.05, 4.69) is 42.4 Å². The predicted molar refractivity (Wildman–Crippen MR) is 140 cm³/mol. The lowest BCUT2D eigenvalue weighted by Crippen LogP contribution is -2.26. The third-order valence-corrected chi connectivity index (χ3v) is 8.86. The summed E-state index contributed by atoms with van der Waals surface area (Å²) in [7, 11) is 1.86. The average Bonchev–Trinajstić information content (AvgIpc) is 3.50. The number of benzene rings is 1. The van der Waals surface area contributed by atoms with Crippen LogP contribution in [0.25, 0.3) is 22.6 Å². The van der Waals surface area contributed by atoms with Gasteiger partial charge in [0.2, 0.25) is 5.91 Å². The molecule has 0 radical (unpaired) electrons. The highest BCUT2D eigenvalue weighted by Gasteiger charge is 2.32. The first-order valence-corrected chi connectivity index (χ1v) is 13.4. The number of nitrogens with one attached hydrogen (secondary N) is 1. The molecule has 1 amide bonds. The van der Waals surface area contributed by atoms with E-state index in [0.29, 0.717) is 33.2 Å². The second kappa shape index (κ2) is 9.17.